The molecule has 0 bridgehead atoms. The van der Waals surface area contributed by atoms with E-state index in [0.717, 1.165) is 0 Å². The number of hydrogen-bond donors (Lipinski definition) is 2. The number of alkyl halides is 3. The Hall–Kier alpha value is -4.16. The number of aromatic amines is 1. The molecule has 9 nitrogen and oxygen atoms in total. The highest BCUT2D eigenvalue weighted by Gasteiger charge is 2.43. The molecule has 0 aliphatic carbocycles. The van der Waals surface area contributed by atoms with Crippen molar-refractivity contribution >= 4 is 17.5 Å². The largest absolute Gasteiger partial charge is 0.496 e. The van der Waals surface area contributed by atoms with E-state index in [0.29, 0.717) is 46.7 Å². The first-order valence-corrected chi connectivity index (χ1v) is 11.1. The van der Waals surface area contributed by atoms with Crippen LogP contribution in [0.25, 0.3) is 22.5 Å². The van der Waals surface area contributed by atoms with Crippen molar-refractivity contribution in [2.45, 2.75) is 12.6 Å². The topological polar surface area (TPSA) is 96.8 Å². The summed E-state index contributed by atoms with van der Waals surface area (Å²) in [5, 5.41) is 13.5. The van der Waals surface area contributed by atoms with Gasteiger partial charge in [0.15, 0.2) is 5.82 Å². The summed E-state index contributed by atoms with van der Waals surface area (Å²) in [6, 6.07) is 8.57. The van der Waals surface area contributed by atoms with Gasteiger partial charge in [0.05, 0.1) is 24.8 Å². The third kappa shape index (κ3) is 4.55. The molecule has 5 rings (SSSR count). The molecular weight excluding hydrogens is 480 g/mol. The number of ether oxygens (including phenoxy) is 1. The van der Waals surface area contributed by atoms with Gasteiger partial charge in [-0.3, -0.25) is 5.10 Å². The Bertz CT molecular complexity index is 1370. The highest BCUT2D eigenvalue weighted by atomic mass is 19.4. The second-order valence-electron chi connectivity index (χ2n) is 8.40. The van der Waals surface area contributed by atoms with Gasteiger partial charge in [-0.2, -0.15) is 27.6 Å². The van der Waals surface area contributed by atoms with E-state index >= 15 is 0 Å². The molecular formula is C23H22F4N8O. The van der Waals surface area contributed by atoms with Crippen LogP contribution in [0.1, 0.15) is 6.42 Å². The highest BCUT2D eigenvalue weighted by Crippen LogP contribution is 2.36. The van der Waals surface area contributed by atoms with Crippen LogP contribution in [-0.4, -0.2) is 56.3 Å². The molecule has 188 valence electrons. The van der Waals surface area contributed by atoms with E-state index in [-0.39, 0.29) is 18.5 Å². The summed E-state index contributed by atoms with van der Waals surface area (Å²) in [6.45, 7) is 0.211. The number of halogens is 4. The number of pyridine rings is 1. The van der Waals surface area contributed by atoms with Crippen molar-refractivity contribution in [2.24, 2.45) is 13.0 Å². The number of aryl methyl sites for hydroxylation is 1. The number of hydrogen-bond acceptors (Lipinski definition) is 7. The molecule has 3 aromatic heterocycles. The van der Waals surface area contributed by atoms with Crippen molar-refractivity contribution in [3.05, 3.63) is 48.7 Å². The van der Waals surface area contributed by atoms with Gasteiger partial charge in [-0.05, 0) is 30.7 Å². The summed E-state index contributed by atoms with van der Waals surface area (Å²) in [7, 11) is 3.21. The van der Waals surface area contributed by atoms with Crippen molar-refractivity contribution in [1.29, 1.82) is 0 Å². The fourth-order valence-corrected chi connectivity index (χ4v) is 4.14. The van der Waals surface area contributed by atoms with Crippen molar-refractivity contribution in [2.75, 3.05) is 30.4 Å². The summed E-state index contributed by atoms with van der Waals surface area (Å²) in [4.78, 5) is 10.5. The Balaban J connectivity index is 1.32. The molecule has 1 aromatic carbocycles. The van der Waals surface area contributed by atoms with Gasteiger partial charge in [-0.1, -0.05) is 0 Å². The third-order valence-electron chi connectivity index (χ3n) is 6.08. The lowest BCUT2D eigenvalue weighted by atomic mass is 10.1. The highest BCUT2D eigenvalue weighted by molar-refractivity contribution is 5.74. The number of nitrogens with one attached hydrogen (secondary N) is 2. The zero-order chi connectivity index (χ0) is 25.4. The number of aromatic nitrogens is 6. The van der Waals surface area contributed by atoms with Crippen LogP contribution < -0.4 is 15.0 Å². The number of anilines is 3. The predicted molar refractivity (Wildman–Crippen MR) is 124 cm³/mol. The van der Waals surface area contributed by atoms with Crippen LogP contribution in [0, 0.1) is 11.9 Å². The maximum absolute atomic E-state index is 13.9. The quantitative estimate of drug-likeness (QED) is 0.374. The first-order chi connectivity index (χ1) is 17.2. The number of methoxy groups -OCH3 is 1. The van der Waals surface area contributed by atoms with E-state index in [4.69, 9.17) is 4.74 Å². The molecule has 4 aromatic rings. The molecule has 2 N–H and O–H groups in total. The van der Waals surface area contributed by atoms with Gasteiger partial charge in [0.2, 0.25) is 11.9 Å². The summed E-state index contributed by atoms with van der Waals surface area (Å²) < 4.78 is 59.8. The van der Waals surface area contributed by atoms with Gasteiger partial charge in [0.1, 0.15) is 11.6 Å². The monoisotopic (exact) mass is 502 g/mol. The summed E-state index contributed by atoms with van der Waals surface area (Å²) >= 11 is 0. The van der Waals surface area contributed by atoms with E-state index in [1.54, 1.807) is 53.2 Å². The van der Waals surface area contributed by atoms with Crippen LogP contribution in [0.15, 0.2) is 42.7 Å². The summed E-state index contributed by atoms with van der Waals surface area (Å²) in [6.07, 6.45) is -1.21. The van der Waals surface area contributed by atoms with Crippen molar-refractivity contribution in [1.82, 2.24) is 29.9 Å². The molecule has 0 amide bonds. The molecule has 36 heavy (non-hydrogen) atoms. The molecule has 1 aliphatic rings. The minimum atomic E-state index is -4.20. The Morgan fingerprint density at radius 2 is 1.97 bits per heavy atom. The number of nitrogens with zero attached hydrogens (tertiary/aromatic N) is 6. The van der Waals surface area contributed by atoms with Crippen LogP contribution in [0.5, 0.6) is 5.75 Å². The minimum absolute atomic E-state index is 0.0620. The zero-order valence-electron chi connectivity index (χ0n) is 19.3. The van der Waals surface area contributed by atoms with Gasteiger partial charge in [-0.15, -0.1) is 5.10 Å². The van der Waals surface area contributed by atoms with Crippen LogP contribution in [0.4, 0.5) is 35.0 Å². The fourth-order valence-electron chi connectivity index (χ4n) is 4.14. The smallest absolute Gasteiger partial charge is 0.393 e. The van der Waals surface area contributed by atoms with E-state index in [2.05, 4.69) is 30.6 Å². The molecule has 1 atom stereocenters. The molecule has 13 heteroatoms. The lowest BCUT2D eigenvalue weighted by molar-refractivity contribution is -0.168. The van der Waals surface area contributed by atoms with E-state index in [1.165, 1.54) is 13.3 Å². The van der Waals surface area contributed by atoms with Gasteiger partial charge in [-0.25, -0.2) is 9.67 Å². The van der Waals surface area contributed by atoms with E-state index in [1.807, 2.05) is 0 Å². The van der Waals surface area contributed by atoms with E-state index in [9.17, 15) is 17.6 Å². The molecule has 0 spiro atoms. The normalized spacial score (nSPS) is 15.9. The Morgan fingerprint density at radius 3 is 2.61 bits per heavy atom. The molecule has 0 radical (unpaired) electrons. The lowest BCUT2D eigenvalue weighted by Gasteiger charge is -2.18. The summed E-state index contributed by atoms with van der Waals surface area (Å²) in [5.74, 6) is -0.130. The van der Waals surface area contributed by atoms with Crippen LogP contribution in [-0.2, 0) is 7.05 Å². The first-order valence-electron chi connectivity index (χ1n) is 11.1. The van der Waals surface area contributed by atoms with Gasteiger partial charge >= 0.3 is 6.18 Å². The average Bonchev–Trinajstić information content (AvgIpc) is 3.60. The van der Waals surface area contributed by atoms with Crippen molar-refractivity contribution in [3.63, 3.8) is 0 Å². The zero-order valence-corrected chi connectivity index (χ0v) is 19.3. The van der Waals surface area contributed by atoms with Gasteiger partial charge in [0, 0.05) is 49.2 Å². The van der Waals surface area contributed by atoms with Gasteiger partial charge in [0.25, 0.3) is 0 Å². The Labute approximate surface area is 203 Å². The maximum Gasteiger partial charge on any atom is 0.393 e. The molecule has 1 saturated heterocycles. The number of benzene rings is 1. The molecule has 1 fully saturated rings. The summed E-state index contributed by atoms with van der Waals surface area (Å²) in [5.41, 5.74) is 2.09. The van der Waals surface area contributed by atoms with Crippen molar-refractivity contribution < 1.29 is 22.3 Å². The Morgan fingerprint density at radius 1 is 1.14 bits per heavy atom. The SMILES string of the molecule is COc1cc(Nc2nc(-c3ccc(N4CCC(C(F)(F)F)C4)nc3)nn2C)ccc1-c1cn[nH]c1F. The van der Waals surface area contributed by atoms with Gasteiger partial charge < -0.3 is 15.0 Å². The maximum atomic E-state index is 13.9. The Kier molecular flexibility index (Phi) is 5.98. The second kappa shape index (κ2) is 9.13. The first kappa shape index (κ1) is 23.6. The van der Waals surface area contributed by atoms with Crippen LogP contribution in [0.3, 0.4) is 0 Å². The predicted octanol–water partition coefficient (Wildman–Crippen LogP) is 4.55. The number of H-pyrrole nitrogens is 1. The number of rotatable bonds is 6. The van der Waals surface area contributed by atoms with Crippen molar-refractivity contribution in [3.8, 4) is 28.3 Å². The standard InChI is InChI=1S/C23H22F4N8O/c1-34-22(30-15-4-5-16(18(9-15)36-2)17-11-29-32-20(17)24)31-21(33-34)13-3-6-19(28-10-13)35-8-7-14(12-35)23(25,26)27/h3-6,9-11,14H,7-8,12H2,1-2H3,(H,29,32)(H,30,31,33). The molecule has 4 heterocycles. The second-order valence-corrected chi connectivity index (χ2v) is 8.40. The van der Waals surface area contributed by atoms with E-state index < -0.39 is 18.0 Å². The molecule has 1 unspecified atom stereocenters. The minimum Gasteiger partial charge on any atom is -0.496 e. The average molecular weight is 502 g/mol. The molecule has 0 saturated carbocycles. The fraction of sp³-hybridized carbons (Fsp3) is 0.304. The molecule has 1 aliphatic heterocycles. The third-order valence-corrected chi connectivity index (χ3v) is 6.08. The lowest BCUT2D eigenvalue weighted by Crippen LogP contribution is -2.27. The van der Waals surface area contributed by atoms with Crippen LogP contribution >= 0.6 is 0 Å². The van der Waals surface area contributed by atoms with Crippen LogP contribution in [0.2, 0.25) is 0 Å².